The lowest BCUT2D eigenvalue weighted by Gasteiger charge is -2.19. The summed E-state index contributed by atoms with van der Waals surface area (Å²) in [6, 6.07) is 5.44. The molecule has 3 N–H and O–H groups in total. The van der Waals surface area contributed by atoms with Crippen LogP contribution in [-0.4, -0.2) is 26.7 Å². The second kappa shape index (κ2) is 8.52. The second-order valence-corrected chi connectivity index (χ2v) is 5.11. The monoisotopic (exact) mass is 294 g/mol. The Morgan fingerprint density at radius 1 is 1.33 bits per heavy atom. The summed E-state index contributed by atoms with van der Waals surface area (Å²) in [7, 11) is 3.21. The van der Waals surface area contributed by atoms with Crippen molar-refractivity contribution in [2.45, 2.75) is 32.7 Å². The van der Waals surface area contributed by atoms with Crippen molar-refractivity contribution >= 4 is 5.91 Å². The van der Waals surface area contributed by atoms with Crippen molar-refractivity contribution in [1.82, 2.24) is 5.32 Å². The number of hydrogen-bond donors (Lipinski definition) is 2. The highest BCUT2D eigenvalue weighted by molar-refractivity contribution is 5.76. The summed E-state index contributed by atoms with van der Waals surface area (Å²) in [5, 5.41) is 2.99. The molecule has 0 fully saturated rings. The van der Waals surface area contributed by atoms with Gasteiger partial charge in [-0.1, -0.05) is 13.3 Å². The molecule has 0 heterocycles. The van der Waals surface area contributed by atoms with E-state index in [1.807, 2.05) is 32.0 Å². The SMILES string of the molecule is CCC(CN)CC(=O)NC(C)c1ccc(OC)cc1OC. The first-order valence-electron chi connectivity index (χ1n) is 7.27. The van der Waals surface area contributed by atoms with E-state index in [-0.39, 0.29) is 17.9 Å². The molecule has 1 aromatic carbocycles. The molecular weight excluding hydrogens is 268 g/mol. The van der Waals surface area contributed by atoms with Crippen molar-refractivity contribution < 1.29 is 14.3 Å². The molecule has 0 aliphatic carbocycles. The van der Waals surface area contributed by atoms with E-state index in [1.54, 1.807) is 14.2 Å². The largest absolute Gasteiger partial charge is 0.497 e. The lowest BCUT2D eigenvalue weighted by molar-refractivity contribution is -0.122. The third kappa shape index (κ3) is 4.93. The lowest BCUT2D eigenvalue weighted by Crippen LogP contribution is -2.30. The number of nitrogens with two attached hydrogens (primary N) is 1. The molecule has 0 spiro atoms. The fraction of sp³-hybridized carbons (Fsp3) is 0.562. The van der Waals surface area contributed by atoms with Crippen LogP contribution in [0.15, 0.2) is 18.2 Å². The molecule has 2 atom stereocenters. The first-order valence-corrected chi connectivity index (χ1v) is 7.27. The van der Waals surface area contributed by atoms with Crippen LogP contribution in [-0.2, 0) is 4.79 Å². The Balaban J connectivity index is 2.75. The van der Waals surface area contributed by atoms with Crippen LogP contribution in [0.25, 0.3) is 0 Å². The summed E-state index contributed by atoms with van der Waals surface area (Å²) in [6.07, 6.45) is 1.36. The summed E-state index contributed by atoms with van der Waals surface area (Å²) in [5.74, 6) is 1.67. The number of ether oxygens (including phenoxy) is 2. The Morgan fingerprint density at radius 2 is 2.05 bits per heavy atom. The zero-order valence-corrected chi connectivity index (χ0v) is 13.3. The first-order chi connectivity index (χ1) is 10.0. The molecule has 1 aromatic rings. The van der Waals surface area contributed by atoms with Gasteiger partial charge in [-0.3, -0.25) is 4.79 Å². The molecule has 0 saturated carbocycles. The number of carbonyl (C=O) groups excluding carboxylic acids is 1. The molecule has 0 bridgehead atoms. The quantitative estimate of drug-likeness (QED) is 0.771. The third-order valence-electron chi connectivity index (χ3n) is 3.67. The lowest BCUT2D eigenvalue weighted by atomic mass is 10.0. The third-order valence-corrected chi connectivity index (χ3v) is 3.67. The molecule has 1 rings (SSSR count). The van der Waals surface area contributed by atoms with Crippen LogP contribution in [0.3, 0.4) is 0 Å². The van der Waals surface area contributed by atoms with Crippen molar-refractivity contribution in [3.05, 3.63) is 23.8 Å². The Hall–Kier alpha value is -1.75. The van der Waals surface area contributed by atoms with Gasteiger partial charge in [-0.05, 0) is 31.5 Å². The fourth-order valence-electron chi connectivity index (χ4n) is 2.21. The van der Waals surface area contributed by atoms with Gasteiger partial charge in [-0.25, -0.2) is 0 Å². The Morgan fingerprint density at radius 3 is 2.57 bits per heavy atom. The second-order valence-electron chi connectivity index (χ2n) is 5.11. The topological polar surface area (TPSA) is 73.6 Å². The molecule has 118 valence electrons. The molecule has 21 heavy (non-hydrogen) atoms. The Labute approximate surface area is 126 Å². The Kier molecular flexibility index (Phi) is 7.02. The minimum atomic E-state index is -0.131. The molecule has 0 aliphatic heterocycles. The van der Waals surface area contributed by atoms with E-state index in [9.17, 15) is 4.79 Å². The summed E-state index contributed by atoms with van der Waals surface area (Å²) in [4.78, 5) is 12.0. The highest BCUT2D eigenvalue weighted by atomic mass is 16.5. The van der Waals surface area contributed by atoms with Crippen LogP contribution in [0, 0.1) is 5.92 Å². The number of nitrogens with one attached hydrogen (secondary N) is 1. The number of methoxy groups -OCH3 is 2. The molecular formula is C16H26N2O3. The van der Waals surface area contributed by atoms with E-state index in [4.69, 9.17) is 15.2 Å². The van der Waals surface area contributed by atoms with Crippen LogP contribution < -0.4 is 20.5 Å². The zero-order valence-electron chi connectivity index (χ0n) is 13.3. The van der Waals surface area contributed by atoms with Crippen molar-refractivity contribution in [1.29, 1.82) is 0 Å². The average molecular weight is 294 g/mol. The van der Waals surface area contributed by atoms with Gasteiger partial charge in [0.05, 0.1) is 20.3 Å². The van der Waals surface area contributed by atoms with Gasteiger partial charge in [0.1, 0.15) is 11.5 Å². The van der Waals surface area contributed by atoms with Crippen LogP contribution >= 0.6 is 0 Å². The van der Waals surface area contributed by atoms with E-state index >= 15 is 0 Å². The maximum Gasteiger partial charge on any atom is 0.220 e. The van der Waals surface area contributed by atoms with E-state index in [0.29, 0.717) is 18.7 Å². The van der Waals surface area contributed by atoms with E-state index in [2.05, 4.69) is 5.32 Å². The zero-order chi connectivity index (χ0) is 15.8. The smallest absolute Gasteiger partial charge is 0.220 e. The van der Waals surface area contributed by atoms with E-state index in [0.717, 1.165) is 17.7 Å². The predicted molar refractivity (Wildman–Crippen MR) is 83.6 cm³/mol. The van der Waals surface area contributed by atoms with E-state index in [1.165, 1.54) is 0 Å². The van der Waals surface area contributed by atoms with Crippen LogP contribution in [0.5, 0.6) is 11.5 Å². The van der Waals surface area contributed by atoms with Gasteiger partial charge in [0, 0.05) is 18.1 Å². The predicted octanol–water partition coefficient (Wildman–Crippen LogP) is 2.26. The molecule has 0 aromatic heterocycles. The van der Waals surface area contributed by atoms with Crippen molar-refractivity contribution in [3.63, 3.8) is 0 Å². The first kappa shape index (κ1) is 17.3. The van der Waals surface area contributed by atoms with Gasteiger partial charge in [0.15, 0.2) is 0 Å². The Bertz CT molecular complexity index is 459. The maximum absolute atomic E-state index is 12.0. The van der Waals surface area contributed by atoms with Crippen LogP contribution in [0.1, 0.15) is 38.3 Å². The van der Waals surface area contributed by atoms with Crippen LogP contribution in [0.2, 0.25) is 0 Å². The summed E-state index contributed by atoms with van der Waals surface area (Å²) < 4.78 is 10.5. The number of benzene rings is 1. The van der Waals surface area contributed by atoms with Gasteiger partial charge >= 0.3 is 0 Å². The maximum atomic E-state index is 12.0. The molecule has 1 amide bonds. The molecule has 5 nitrogen and oxygen atoms in total. The van der Waals surface area contributed by atoms with Gasteiger partial charge in [0.2, 0.25) is 5.91 Å². The molecule has 0 radical (unpaired) electrons. The van der Waals surface area contributed by atoms with Gasteiger partial charge in [-0.15, -0.1) is 0 Å². The van der Waals surface area contributed by atoms with Crippen LogP contribution in [0.4, 0.5) is 0 Å². The van der Waals surface area contributed by atoms with Crippen molar-refractivity contribution in [3.8, 4) is 11.5 Å². The molecule has 5 heteroatoms. The molecule has 2 unspecified atom stereocenters. The average Bonchev–Trinajstić information content (AvgIpc) is 2.51. The van der Waals surface area contributed by atoms with Gasteiger partial charge in [-0.2, -0.15) is 0 Å². The highest BCUT2D eigenvalue weighted by Crippen LogP contribution is 2.29. The van der Waals surface area contributed by atoms with Gasteiger partial charge < -0.3 is 20.5 Å². The number of hydrogen-bond acceptors (Lipinski definition) is 4. The minimum Gasteiger partial charge on any atom is -0.497 e. The number of carbonyl (C=O) groups is 1. The van der Waals surface area contributed by atoms with E-state index < -0.39 is 0 Å². The highest BCUT2D eigenvalue weighted by Gasteiger charge is 2.17. The standard InChI is InChI=1S/C16H26N2O3/c1-5-12(10-17)8-16(19)18-11(2)14-7-6-13(20-3)9-15(14)21-4/h6-7,9,11-12H,5,8,10,17H2,1-4H3,(H,18,19). The normalized spacial score (nSPS) is 13.4. The van der Waals surface area contributed by atoms with Gasteiger partial charge in [0.25, 0.3) is 0 Å². The molecule has 0 aliphatic rings. The fourth-order valence-corrected chi connectivity index (χ4v) is 2.21. The number of rotatable bonds is 8. The summed E-state index contributed by atoms with van der Waals surface area (Å²) >= 11 is 0. The summed E-state index contributed by atoms with van der Waals surface area (Å²) in [5.41, 5.74) is 6.56. The van der Waals surface area contributed by atoms with Crippen molar-refractivity contribution in [2.75, 3.05) is 20.8 Å². The number of amides is 1. The molecule has 0 saturated heterocycles. The minimum absolute atomic E-state index is 0.0117. The van der Waals surface area contributed by atoms with Crippen molar-refractivity contribution in [2.24, 2.45) is 11.7 Å². The summed E-state index contributed by atoms with van der Waals surface area (Å²) in [6.45, 7) is 4.51.